The number of furan rings is 1. The van der Waals surface area contributed by atoms with Crippen LogP contribution >= 0.6 is 0 Å². The van der Waals surface area contributed by atoms with Gasteiger partial charge in [0, 0.05) is 30.2 Å². The largest absolute Gasteiger partial charge is 0.497 e. The highest BCUT2D eigenvalue weighted by Gasteiger charge is 2.15. The van der Waals surface area contributed by atoms with Gasteiger partial charge in [-0.2, -0.15) is 0 Å². The van der Waals surface area contributed by atoms with Crippen molar-refractivity contribution < 1.29 is 27.8 Å². The molecule has 0 saturated heterocycles. The molecule has 0 atom stereocenters. The molecule has 3 aromatic rings. The fraction of sp³-hybridized carbons (Fsp3) is 0.222. The second-order valence-corrected chi connectivity index (χ2v) is 5.23. The van der Waals surface area contributed by atoms with Crippen molar-refractivity contribution in [1.29, 1.82) is 0 Å². The van der Waals surface area contributed by atoms with Gasteiger partial charge in [-0.3, -0.25) is 0 Å². The number of carbonyl (C=O) groups is 1. The first kappa shape index (κ1) is 16.8. The van der Waals surface area contributed by atoms with Crippen molar-refractivity contribution >= 4 is 16.9 Å². The summed E-state index contributed by atoms with van der Waals surface area (Å²) in [7, 11) is 3.05. The predicted octanol–water partition coefficient (Wildman–Crippen LogP) is 2.90. The Labute approximate surface area is 142 Å². The second kappa shape index (κ2) is 7.23. The van der Waals surface area contributed by atoms with Crippen molar-refractivity contribution in [1.82, 2.24) is 0 Å². The molecule has 7 nitrogen and oxygen atoms in total. The number of ether oxygens (including phenoxy) is 3. The summed E-state index contributed by atoms with van der Waals surface area (Å²) in [6.07, 6.45) is 0. The van der Waals surface area contributed by atoms with Crippen LogP contribution in [0.1, 0.15) is 21.9 Å². The van der Waals surface area contributed by atoms with Gasteiger partial charge in [0.15, 0.2) is 0 Å². The number of hydrogen-bond donors (Lipinski definition) is 0. The Morgan fingerprint density at radius 2 is 1.88 bits per heavy atom. The summed E-state index contributed by atoms with van der Waals surface area (Å²) in [5, 5.41) is 0.660. The third-order valence-corrected chi connectivity index (χ3v) is 3.55. The molecule has 1 aromatic carbocycles. The molecule has 0 N–H and O–H groups in total. The molecule has 130 valence electrons. The Kier molecular flexibility index (Phi) is 4.85. The van der Waals surface area contributed by atoms with Crippen molar-refractivity contribution in [2.75, 3.05) is 14.2 Å². The fourth-order valence-corrected chi connectivity index (χ4v) is 2.38. The van der Waals surface area contributed by atoms with Gasteiger partial charge in [0.1, 0.15) is 30.3 Å². The van der Waals surface area contributed by atoms with Gasteiger partial charge in [0.2, 0.25) is 5.76 Å². The van der Waals surface area contributed by atoms with E-state index in [4.69, 9.17) is 23.0 Å². The number of esters is 1. The van der Waals surface area contributed by atoms with Gasteiger partial charge in [-0.05, 0) is 24.3 Å². The summed E-state index contributed by atoms with van der Waals surface area (Å²) in [5.74, 6) is 0.525. The number of methoxy groups -OCH3 is 2. The van der Waals surface area contributed by atoms with Gasteiger partial charge in [0.25, 0.3) is 0 Å². The van der Waals surface area contributed by atoms with Crippen molar-refractivity contribution in [2.24, 2.45) is 0 Å². The molecule has 0 aliphatic heterocycles. The van der Waals surface area contributed by atoms with E-state index in [1.165, 1.54) is 26.4 Å². The molecule has 0 radical (unpaired) electrons. The van der Waals surface area contributed by atoms with Crippen molar-refractivity contribution in [3.05, 3.63) is 63.9 Å². The van der Waals surface area contributed by atoms with Crippen LogP contribution in [0.2, 0.25) is 0 Å². The van der Waals surface area contributed by atoms with E-state index in [2.05, 4.69) is 0 Å². The molecule has 0 spiro atoms. The monoisotopic (exact) mass is 344 g/mol. The SMILES string of the molecule is COCc1ccc(C(=O)OCc2cc(=O)oc3cc(OC)ccc23)o1. The number of carbonyl (C=O) groups excluding carboxylic acids is 1. The van der Waals surface area contributed by atoms with Crippen LogP contribution in [-0.2, 0) is 22.7 Å². The highest BCUT2D eigenvalue weighted by Crippen LogP contribution is 2.23. The smallest absolute Gasteiger partial charge is 0.374 e. The summed E-state index contributed by atoms with van der Waals surface area (Å²) < 4.78 is 25.8. The standard InChI is InChI=1S/C18H16O7/c1-21-10-13-4-6-15(24-13)18(20)23-9-11-7-17(19)25-16-8-12(22-2)3-5-14(11)16/h3-8H,9-10H2,1-2H3. The number of rotatable bonds is 6. The van der Waals surface area contributed by atoms with Crippen LogP contribution in [0.15, 0.2) is 50.0 Å². The highest BCUT2D eigenvalue weighted by atomic mass is 16.5. The van der Waals surface area contributed by atoms with E-state index in [-0.39, 0.29) is 19.0 Å². The van der Waals surface area contributed by atoms with Crippen molar-refractivity contribution in [3.63, 3.8) is 0 Å². The first-order valence-corrected chi connectivity index (χ1v) is 7.46. The predicted molar refractivity (Wildman–Crippen MR) is 87.6 cm³/mol. The van der Waals surface area contributed by atoms with E-state index in [1.54, 1.807) is 24.3 Å². The van der Waals surface area contributed by atoms with Crippen LogP contribution in [0.5, 0.6) is 5.75 Å². The molecule has 3 rings (SSSR count). The van der Waals surface area contributed by atoms with E-state index in [1.807, 2.05) is 0 Å². The van der Waals surface area contributed by atoms with E-state index in [9.17, 15) is 9.59 Å². The minimum Gasteiger partial charge on any atom is -0.497 e. The Hall–Kier alpha value is -3.06. The lowest BCUT2D eigenvalue weighted by atomic mass is 10.1. The maximum Gasteiger partial charge on any atom is 0.374 e. The molecule has 0 aliphatic carbocycles. The number of fused-ring (bicyclic) bond motifs is 1. The van der Waals surface area contributed by atoms with E-state index < -0.39 is 11.6 Å². The molecular weight excluding hydrogens is 328 g/mol. The zero-order valence-corrected chi connectivity index (χ0v) is 13.7. The molecule has 25 heavy (non-hydrogen) atoms. The molecule has 0 unspecified atom stereocenters. The van der Waals surface area contributed by atoms with Crippen LogP contribution in [0, 0.1) is 0 Å². The van der Waals surface area contributed by atoms with Crippen LogP contribution in [0.4, 0.5) is 0 Å². The lowest BCUT2D eigenvalue weighted by Crippen LogP contribution is -2.07. The maximum atomic E-state index is 12.1. The zero-order chi connectivity index (χ0) is 17.8. The average Bonchev–Trinajstić information content (AvgIpc) is 3.07. The summed E-state index contributed by atoms with van der Waals surface area (Å²) in [6.45, 7) is 0.174. The van der Waals surface area contributed by atoms with Gasteiger partial charge < -0.3 is 23.0 Å². The highest BCUT2D eigenvalue weighted by molar-refractivity contribution is 5.87. The lowest BCUT2D eigenvalue weighted by molar-refractivity contribution is 0.0431. The van der Waals surface area contributed by atoms with Gasteiger partial charge in [-0.1, -0.05) is 0 Å². The summed E-state index contributed by atoms with van der Waals surface area (Å²) in [4.78, 5) is 23.8. The minimum absolute atomic E-state index is 0.0704. The van der Waals surface area contributed by atoms with Crippen molar-refractivity contribution in [2.45, 2.75) is 13.2 Å². The summed E-state index contributed by atoms with van der Waals surface area (Å²) >= 11 is 0. The Morgan fingerprint density at radius 1 is 1.04 bits per heavy atom. The molecule has 0 fully saturated rings. The molecule has 2 heterocycles. The second-order valence-electron chi connectivity index (χ2n) is 5.23. The van der Waals surface area contributed by atoms with Gasteiger partial charge in [-0.25, -0.2) is 9.59 Å². The molecule has 2 aromatic heterocycles. The molecule has 7 heteroatoms. The maximum absolute atomic E-state index is 12.1. The van der Waals surface area contributed by atoms with Crippen LogP contribution < -0.4 is 10.4 Å². The third kappa shape index (κ3) is 3.72. The van der Waals surface area contributed by atoms with E-state index in [0.717, 1.165) is 0 Å². The zero-order valence-electron chi connectivity index (χ0n) is 13.7. The average molecular weight is 344 g/mol. The topological polar surface area (TPSA) is 88.1 Å². The van der Waals surface area contributed by atoms with Crippen LogP contribution in [0.25, 0.3) is 11.0 Å². The van der Waals surface area contributed by atoms with E-state index >= 15 is 0 Å². The summed E-state index contributed by atoms with van der Waals surface area (Å²) in [5.41, 5.74) is 0.358. The van der Waals surface area contributed by atoms with Crippen LogP contribution in [-0.4, -0.2) is 20.2 Å². The number of benzene rings is 1. The van der Waals surface area contributed by atoms with Crippen molar-refractivity contribution in [3.8, 4) is 5.75 Å². The molecule has 0 amide bonds. The molecule has 0 saturated carbocycles. The normalized spacial score (nSPS) is 10.8. The first-order valence-electron chi connectivity index (χ1n) is 7.46. The minimum atomic E-state index is -0.628. The third-order valence-electron chi connectivity index (χ3n) is 3.55. The van der Waals surface area contributed by atoms with E-state index in [0.29, 0.717) is 28.0 Å². The Bertz CT molecular complexity index is 951. The van der Waals surface area contributed by atoms with Gasteiger partial charge in [-0.15, -0.1) is 0 Å². The summed E-state index contributed by atoms with van der Waals surface area (Å²) in [6, 6.07) is 9.52. The Balaban J connectivity index is 1.80. The molecule has 0 bridgehead atoms. The molecular formula is C18H16O7. The van der Waals surface area contributed by atoms with Gasteiger partial charge >= 0.3 is 11.6 Å². The fourth-order valence-electron chi connectivity index (χ4n) is 2.38. The van der Waals surface area contributed by atoms with Gasteiger partial charge in [0.05, 0.1) is 7.11 Å². The lowest BCUT2D eigenvalue weighted by Gasteiger charge is -2.07. The Morgan fingerprint density at radius 3 is 2.64 bits per heavy atom. The quantitative estimate of drug-likeness (QED) is 0.502. The van der Waals surface area contributed by atoms with Crippen LogP contribution in [0.3, 0.4) is 0 Å². The molecule has 0 aliphatic rings. The number of hydrogen-bond acceptors (Lipinski definition) is 7. The first-order chi connectivity index (χ1) is 12.1.